The van der Waals surface area contributed by atoms with Crippen molar-refractivity contribution in [3.05, 3.63) is 35.7 Å². The standard InChI is InChI=1S/C11H14N6O/c1-2-10-14-16-11(17(10)12)15-13-7-8-3-5-9(18)6-4-8/h3-7,18H,2,12H2,1H3,(H,15,16). The number of anilines is 1. The molecule has 0 aliphatic heterocycles. The number of nitrogens with zero attached hydrogens (tertiary/aromatic N) is 4. The average Bonchev–Trinajstić information content (AvgIpc) is 2.73. The van der Waals surface area contributed by atoms with Gasteiger partial charge in [0, 0.05) is 6.42 Å². The fraction of sp³-hybridized carbons (Fsp3) is 0.182. The molecule has 1 aromatic heterocycles. The summed E-state index contributed by atoms with van der Waals surface area (Å²) in [7, 11) is 0. The molecule has 7 nitrogen and oxygen atoms in total. The van der Waals surface area contributed by atoms with Crippen molar-refractivity contribution >= 4 is 12.2 Å². The summed E-state index contributed by atoms with van der Waals surface area (Å²) in [5, 5.41) is 20.9. The number of phenolic OH excluding ortho intramolecular Hbond substituents is 1. The van der Waals surface area contributed by atoms with E-state index in [4.69, 9.17) is 10.9 Å². The number of nitrogens with one attached hydrogen (secondary N) is 1. The summed E-state index contributed by atoms with van der Waals surface area (Å²) in [5.41, 5.74) is 3.55. The van der Waals surface area contributed by atoms with E-state index in [0.717, 1.165) is 5.56 Å². The van der Waals surface area contributed by atoms with Gasteiger partial charge in [-0.15, -0.1) is 10.2 Å². The number of hydrogen-bond acceptors (Lipinski definition) is 6. The lowest BCUT2D eigenvalue weighted by molar-refractivity contribution is 0.475. The minimum absolute atomic E-state index is 0.217. The molecular weight excluding hydrogens is 232 g/mol. The maximum Gasteiger partial charge on any atom is 0.263 e. The Morgan fingerprint density at radius 3 is 2.72 bits per heavy atom. The van der Waals surface area contributed by atoms with E-state index >= 15 is 0 Å². The molecule has 0 fully saturated rings. The van der Waals surface area contributed by atoms with Crippen LogP contribution in [0.15, 0.2) is 29.4 Å². The molecule has 0 saturated heterocycles. The number of nitrogens with two attached hydrogens (primary N) is 1. The molecule has 0 amide bonds. The molecular formula is C11H14N6O. The highest BCUT2D eigenvalue weighted by molar-refractivity contribution is 5.80. The Labute approximate surface area is 104 Å². The number of aromatic hydroxyl groups is 1. The van der Waals surface area contributed by atoms with Gasteiger partial charge in [0.2, 0.25) is 0 Å². The van der Waals surface area contributed by atoms with Crippen LogP contribution in [0.2, 0.25) is 0 Å². The minimum atomic E-state index is 0.217. The van der Waals surface area contributed by atoms with E-state index in [1.165, 1.54) is 4.68 Å². The highest BCUT2D eigenvalue weighted by Crippen LogP contribution is 2.08. The lowest BCUT2D eigenvalue weighted by Gasteiger charge is -2.00. The molecule has 0 spiro atoms. The first-order valence-corrected chi connectivity index (χ1v) is 5.48. The van der Waals surface area contributed by atoms with Crippen LogP contribution in [-0.4, -0.2) is 26.2 Å². The smallest absolute Gasteiger partial charge is 0.263 e. The Kier molecular flexibility index (Phi) is 3.42. The third-order valence-electron chi connectivity index (χ3n) is 2.35. The van der Waals surface area contributed by atoms with Crippen molar-refractivity contribution in [2.45, 2.75) is 13.3 Å². The van der Waals surface area contributed by atoms with Gasteiger partial charge >= 0.3 is 0 Å². The molecule has 18 heavy (non-hydrogen) atoms. The van der Waals surface area contributed by atoms with E-state index in [0.29, 0.717) is 18.2 Å². The lowest BCUT2D eigenvalue weighted by atomic mass is 10.2. The zero-order valence-corrected chi connectivity index (χ0v) is 9.91. The number of benzene rings is 1. The van der Waals surface area contributed by atoms with Crippen molar-refractivity contribution in [3.8, 4) is 5.75 Å². The van der Waals surface area contributed by atoms with E-state index < -0.39 is 0 Å². The Morgan fingerprint density at radius 2 is 2.11 bits per heavy atom. The quantitative estimate of drug-likeness (QED) is 0.419. The van der Waals surface area contributed by atoms with Crippen molar-refractivity contribution < 1.29 is 5.11 Å². The highest BCUT2D eigenvalue weighted by Gasteiger charge is 2.05. The first kappa shape index (κ1) is 11.9. The number of aryl methyl sites for hydroxylation is 1. The van der Waals surface area contributed by atoms with Crippen LogP contribution >= 0.6 is 0 Å². The molecule has 0 bridgehead atoms. The van der Waals surface area contributed by atoms with Crippen LogP contribution in [0, 0.1) is 0 Å². The first-order valence-electron chi connectivity index (χ1n) is 5.48. The molecule has 2 rings (SSSR count). The largest absolute Gasteiger partial charge is 0.508 e. The van der Waals surface area contributed by atoms with Crippen molar-refractivity contribution in [2.24, 2.45) is 5.10 Å². The van der Waals surface area contributed by atoms with Crippen LogP contribution in [0.4, 0.5) is 5.95 Å². The van der Waals surface area contributed by atoms with Gasteiger partial charge in [0.05, 0.1) is 6.21 Å². The van der Waals surface area contributed by atoms with Gasteiger partial charge in [-0.3, -0.25) is 0 Å². The van der Waals surface area contributed by atoms with Gasteiger partial charge in [0.1, 0.15) is 5.75 Å². The van der Waals surface area contributed by atoms with Crippen molar-refractivity contribution in [3.63, 3.8) is 0 Å². The molecule has 0 aliphatic rings. The second-order valence-corrected chi connectivity index (χ2v) is 3.62. The summed E-state index contributed by atoms with van der Waals surface area (Å²) in [5.74, 6) is 7.01. The number of rotatable bonds is 4. The summed E-state index contributed by atoms with van der Waals surface area (Å²) < 4.78 is 1.36. The van der Waals surface area contributed by atoms with E-state index in [-0.39, 0.29) is 5.75 Å². The van der Waals surface area contributed by atoms with Gasteiger partial charge in [-0.25, -0.2) is 10.1 Å². The fourth-order valence-corrected chi connectivity index (χ4v) is 1.37. The summed E-state index contributed by atoms with van der Waals surface area (Å²) >= 11 is 0. The van der Waals surface area contributed by atoms with Crippen LogP contribution in [0.5, 0.6) is 5.75 Å². The Balaban J connectivity index is 2.02. The zero-order chi connectivity index (χ0) is 13.0. The molecule has 7 heteroatoms. The van der Waals surface area contributed by atoms with Gasteiger partial charge in [-0.1, -0.05) is 6.92 Å². The van der Waals surface area contributed by atoms with Crippen molar-refractivity contribution in [1.29, 1.82) is 0 Å². The summed E-state index contributed by atoms with van der Waals surface area (Å²) in [6, 6.07) is 6.65. The van der Waals surface area contributed by atoms with Gasteiger partial charge in [-0.05, 0) is 29.8 Å². The second-order valence-electron chi connectivity index (χ2n) is 3.62. The van der Waals surface area contributed by atoms with Gasteiger partial charge < -0.3 is 10.9 Å². The normalized spacial score (nSPS) is 10.9. The van der Waals surface area contributed by atoms with Crippen LogP contribution < -0.4 is 11.3 Å². The summed E-state index contributed by atoms with van der Waals surface area (Å²) in [6.45, 7) is 1.94. The number of hydrogen-bond donors (Lipinski definition) is 3. The minimum Gasteiger partial charge on any atom is -0.508 e. The predicted molar refractivity (Wildman–Crippen MR) is 68.9 cm³/mol. The van der Waals surface area contributed by atoms with Crippen LogP contribution in [-0.2, 0) is 6.42 Å². The maximum atomic E-state index is 9.13. The molecule has 0 unspecified atom stereocenters. The predicted octanol–water partition coefficient (Wildman–Crippen LogP) is 0.706. The van der Waals surface area contributed by atoms with Gasteiger partial charge in [-0.2, -0.15) is 5.10 Å². The Morgan fingerprint density at radius 1 is 1.39 bits per heavy atom. The molecule has 0 radical (unpaired) electrons. The Hall–Kier alpha value is -2.57. The van der Waals surface area contributed by atoms with Crippen LogP contribution in [0.25, 0.3) is 0 Å². The first-order chi connectivity index (χ1) is 8.70. The number of hydrazone groups is 1. The Bertz CT molecular complexity index is 545. The second kappa shape index (κ2) is 5.17. The molecule has 2 aromatic rings. The zero-order valence-electron chi connectivity index (χ0n) is 9.91. The molecule has 94 valence electrons. The number of phenols is 1. The van der Waals surface area contributed by atoms with E-state index in [2.05, 4.69) is 20.7 Å². The highest BCUT2D eigenvalue weighted by atomic mass is 16.3. The molecule has 4 N–H and O–H groups in total. The molecule has 0 saturated carbocycles. The summed E-state index contributed by atoms with van der Waals surface area (Å²) in [6.07, 6.45) is 2.30. The third-order valence-corrected chi connectivity index (χ3v) is 2.35. The fourth-order valence-electron chi connectivity index (χ4n) is 1.37. The average molecular weight is 246 g/mol. The van der Waals surface area contributed by atoms with E-state index in [1.54, 1.807) is 30.5 Å². The van der Waals surface area contributed by atoms with Crippen LogP contribution in [0.1, 0.15) is 18.3 Å². The number of aromatic nitrogens is 3. The SMILES string of the molecule is CCc1nnc(NN=Cc2ccc(O)cc2)n1N. The van der Waals surface area contributed by atoms with Gasteiger partial charge in [0.15, 0.2) is 5.82 Å². The maximum absolute atomic E-state index is 9.13. The van der Waals surface area contributed by atoms with Crippen molar-refractivity contribution in [2.75, 3.05) is 11.3 Å². The van der Waals surface area contributed by atoms with E-state index in [1.807, 2.05) is 6.92 Å². The molecule has 0 aliphatic carbocycles. The topological polar surface area (TPSA) is 101 Å². The van der Waals surface area contributed by atoms with Crippen LogP contribution in [0.3, 0.4) is 0 Å². The number of nitrogen functional groups attached to an aromatic ring is 1. The molecule has 0 atom stereocenters. The van der Waals surface area contributed by atoms with E-state index in [9.17, 15) is 0 Å². The lowest BCUT2D eigenvalue weighted by Crippen LogP contribution is -2.14. The molecule has 1 aromatic carbocycles. The molecule has 1 heterocycles. The monoisotopic (exact) mass is 246 g/mol. The summed E-state index contributed by atoms with van der Waals surface area (Å²) in [4.78, 5) is 0. The van der Waals surface area contributed by atoms with Crippen molar-refractivity contribution in [1.82, 2.24) is 14.9 Å². The van der Waals surface area contributed by atoms with Gasteiger partial charge in [0.25, 0.3) is 5.95 Å². The third kappa shape index (κ3) is 2.57.